The van der Waals surface area contributed by atoms with Gasteiger partial charge in [-0.05, 0) is 69.0 Å². The fraction of sp³-hybridized carbons (Fsp3) is 0.458. The van der Waals surface area contributed by atoms with Crippen LogP contribution in [0.4, 0.5) is 5.82 Å². The average Bonchev–Trinajstić information content (AvgIpc) is 3.45. The molecule has 0 unspecified atom stereocenters. The molecule has 0 N–H and O–H groups in total. The number of aromatic nitrogens is 2. The Morgan fingerprint density at radius 3 is 2.80 bits per heavy atom. The molecule has 6 heteroatoms. The molecule has 6 nitrogen and oxygen atoms in total. The number of hydrogen-bond donors (Lipinski definition) is 0. The van der Waals surface area contributed by atoms with Gasteiger partial charge in [0, 0.05) is 25.3 Å². The standard InChI is InChI=1S/C24H28N4O2/c1-2-17-8-5-11-20-21(17)24(29)30-23(26-20)19-10-6-12-25-22(19)28-15-7-9-18(28)16-27-13-3-4-14-27/h5-6,8,10-12,18H,2-4,7,9,13-16H2,1H3/t18-/m0/s1. The number of pyridine rings is 1. The zero-order valence-electron chi connectivity index (χ0n) is 17.5. The summed E-state index contributed by atoms with van der Waals surface area (Å²) in [5.41, 5.74) is 2.13. The minimum atomic E-state index is -0.322. The van der Waals surface area contributed by atoms with Crippen molar-refractivity contribution in [3.63, 3.8) is 0 Å². The van der Waals surface area contributed by atoms with E-state index in [4.69, 9.17) is 14.4 Å². The van der Waals surface area contributed by atoms with Gasteiger partial charge in [-0.25, -0.2) is 14.8 Å². The SMILES string of the molecule is CCc1cccc2nc(-c3cccnc3N3CCC[C@H]3CN3CCCC3)oc(=O)c12. The van der Waals surface area contributed by atoms with Gasteiger partial charge in [0.1, 0.15) is 5.82 Å². The number of benzene rings is 1. The summed E-state index contributed by atoms with van der Waals surface area (Å²) in [6.45, 7) is 6.47. The average molecular weight is 405 g/mol. The van der Waals surface area contributed by atoms with Crippen LogP contribution in [-0.2, 0) is 6.42 Å². The van der Waals surface area contributed by atoms with Crippen molar-refractivity contribution < 1.29 is 4.42 Å². The van der Waals surface area contributed by atoms with Gasteiger partial charge in [0.2, 0.25) is 5.89 Å². The quantitative estimate of drug-likeness (QED) is 0.643. The molecule has 1 atom stereocenters. The summed E-state index contributed by atoms with van der Waals surface area (Å²) in [5, 5.41) is 0.585. The second-order valence-corrected chi connectivity index (χ2v) is 8.34. The number of hydrogen-bond acceptors (Lipinski definition) is 6. The second kappa shape index (κ2) is 8.19. The molecule has 1 aromatic carbocycles. The number of likely N-dealkylation sites (tertiary alicyclic amines) is 1. The maximum atomic E-state index is 12.8. The van der Waals surface area contributed by atoms with E-state index >= 15 is 0 Å². The Labute approximate surface area is 176 Å². The highest BCUT2D eigenvalue weighted by Gasteiger charge is 2.30. The Morgan fingerprint density at radius 2 is 1.97 bits per heavy atom. The Morgan fingerprint density at radius 1 is 1.10 bits per heavy atom. The molecule has 2 aliphatic heterocycles. The van der Waals surface area contributed by atoms with Crippen molar-refractivity contribution in [3.8, 4) is 11.5 Å². The third-order valence-corrected chi connectivity index (χ3v) is 6.46. The molecule has 0 radical (unpaired) electrons. The maximum Gasteiger partial charge on any atom is 0.347 e. The predicted molar refractivity (Wildman–Crippen MR) is 119 cm³/mol. The Hall–Kier alpha value is -2.73. The number of fused-ring (bicyclic) bond motifs is 1. The van der Waals surface area contributed by atoms with E-state index < -0.39 is 0 Å². The molecule has 0 aliphatic carbocycles. The Kier molecular flexibility index (Phi) is 5.25. The van der Waals surface area contributed by atoms with Crippen molar-refractivity contribution >= 4 is 16.7 Å². The molecule has 0 saturated carbocycles. The van der Waals surface area contributed by atoms with Gasteiger partial charge in [-0.3, -0.25) is 0 Å². The fourth-order valence-electron chi connectivity index (χ4n) is 4.96. The minimum Gasteiger partial charge on any atom is -0.403 e. The number of rotatable bonds is 5. The van der Waals surface area contributed by atoms with Crippen LogP contribution in [0.3, 0.4) is 0 Å². The lowest BCUT2D eigenvalue weighted by atomic mass is 10.1. The molecule has 0 spiro atoms. The highest BCUT2D eigenvalue weighted by molar-refractivity contribution is 5.83. The first-order chi connectivity index (χ1) is 14.7. The number of nitrogens with zero attached hydrogens (tertiary/aromatic N) is 4. The molecule has 2 aromatic heterocycles. The Balaban J connectivity index is 1.54. The largest absolute Gasteiger partial charge is 0.403 e. The molecule has 30 heavy (non-hydrogen) atoms. The molecule has 156 valence electrons. The summed E-state index contributed by atoms with van der Waals surface area (Å²) in [4.78, 5) is 27.2. The molecule has 5 rings (SSSR count). The van der Waals surface area contributed by atoms with Gasteiger partial charge in [0.05, 0.1) is 16.5 Å². The van der Waals surface area contributed by atoms with Gasteiger partial charge in [0.25, 0.3) is 0 Å². The lowest BCUT2D eigenvalue weighted by Crippen LogP contribution is -2.40. The summed E-state index contributed by atoms with van der Waals surface area (Å²) in [7, 11) is 0. The van der Waals surface area contributed by atoms with Crippen molar-refractivity contribution in [2.45, 2.75) is 45.1 Å². The van der Waals surface area contributed by atoms with Crippen molar-refractivity contribution in [2.24, 2.45) is 0 Å². The molecule has 4 heterocycles. The van der Waals surface area contributed by atoms with E-state index in [-0.39, 0.29) is 5.63 Å². The van der Waals surface area contributed by atoms with E-state index in [0.717, 1.165) is 42.9 Å². The predicted octanol–water partition coefficient (Wildman–Crippen LogP) is 3.88. The van der Waals surface area contributed by atoms with Gasteiger partial charge in [-0.15, -0.1) is 0 Å². The number of aryl methyl sites for hydroxylation is 1. The van der Waals surface area contributed by atoms with Crippen molar-refractivity contribution in [1.29, 1.82) is 0 Å². The van der Waals surface area contributed by atoms with E-state index in [1.54, 1.807) is 0 Å². The normalized spacial score (nSPS) is 19.8. The zero-order chi connectivity index (χ0) is 20.5. The van der Waals surface area contributed by atoms with Gasteiger partial charge >= 0.3 is 5.63 Å². The van der Waals surface area contributed by atoms with Crippen molar-refractivity contribution in [1.82, 2.24) is 14.9 Å². The molecular weight excluding hydrogens is 376 g/mol. The second-order valence-electron chi connectivity index (χ2n) is 8.34. The molecule has 2 aliphatic rings. The highest BCUT2D eigenvalue weighted by atomic mass is 16.4. The first kappa shape index (κ1) is 19.2. The minimum absolute atomic E-state index is 0.322. The molecular formula is C24H28N4O2. The van der Waals surface area contributed by atoms with Crippen LogP contribution >= 0.6 is 0 Å². The van der Waals surface area contributed by atoms with E-state index in [2.05, 4.69) is 9.80 Å². The molecule has 2 fully saturated rings. The molecule has 0 amide bonds. The lowest BCUT2D eigenvalue weighted by Gasteiger charge is -2.30. The van der Waals surface area contributed by atoms with Crippen LogP contribution in [0.15, 0.2) is 45.7 Å². The van der Waals surface area contributed by atoms with Crippen LogP contribution in [-0.4, -0.2) is 47.1 Å². The third kappa shape index (κ3) is 3.49. The van der Waals surface area contributed by atoms with Crippen molar-refractivity contribution in [2.75, 3.05) is 31.1 Å². The van der Waals surface area contributed by atoms with Crippen LogP contribution in [0.25, 0.3) is 22.4 Å². The first-order valence-corrected chi connectivity index (χ1v) is 11.1. The zero-order valence-corrected chi connectivity index (χ0v) is 17.5. The van der Waals surface area contributed by atoms with Crippen LogP contribution in [0, 0.1) is 0 Å². The molecule has 3 aromatic rings. The molecule has 0 bridgehead atoms. The monoisotopic (exact) mass is 404 g/mol. The smallest absolute Gasteiger partial charge is 0.347 e. The van der Waals surface area contributed by atoms with Crippen LogP contribution < -0.4 is 10.5 Å². The van der Waals surface area contributed by atoms with Gasteiger partial charge in [0.15, 0.2) is 0 Å². The van der Waals surface area contributed by atoms with Crippen LogP contribution in [0.5, 0.6) is 0 Å². The van der Waals surface area contributed by atoms with Gasteiger partial charge in [-0.1, -0.05) is 19.1 Å². The van der Waals surface area contributed by atoms with Crippen molar-refractivity contribution in [3.05, 3.63) is 52.5 Å². The summed E-state index contributed by atoms with van der Waals surface area (Å²) in [6.07, 6.45) is 7.51. The van der Waals surface area contributed by atoms with Gasteiger partial charge < -0.3 is 14.2 Å². The Bertz CT molecular complexity index is 1100. The summed E-state index contributed by atoms with van der Waals surface area (Å²) < 4.78 is 5.74. The van der Waals surface area contributed by atoms with E-state index in [0.29, 0.717) is 22.8 Å². The summed E-state index contributed by atoms with van der Waals surface area (Å²) in [6, 6.07) is 10.1. The first-order valence-electron chi connectivity index (χ1n) is 11.1. The highest BCUT2D eigenvalue weighted by Crippen LogP contribution is 2.33. The summed E-state index contributed by atoms with van der Waals surface area (Å²) >= 11 is 0. The van der Waals surface area contributed by atoms with Crippen LogP contribution in [0.2, 0.25) is 0 Å². The lowest BCUT2D eigenvalue weighted by molar-refractivity contribution is 0.313. The maximum absolute atomic E-state index is 12.8. The fourth-order valence-corrected chi connectivity index (χ4v) is 4.96. The number of anilines is 1. The topological polar surface area (TPSA) is 62.5 Å². The van der Waals surface area contributed by atoms with Crippen LogP contribution in [0.1, 0.15) is 38.2 Å². The van der Waals surface area contributed by atoms with E-state index in [1.807, 2.05) is 43.5 Å². The van der Waals surface area contributed by atoms with Gasteiger partial charge in [-0.2, -0.15) is 0 Å². The third-order valence-electron chi connectivity index (χ3n) is 6.46. The van der Waals surface area contributed by atoms with E-state index in [9.17, 15) is 4.79 Å². The van der Waals surface area contributed by atoms with E-state index in [1.165, 1.54) is 32.4 Å². The summed E-state index contributed by atoms with van der Waals surface area (Å²) in [5.74, 6) is 1.23. The molecule has 2 saturated heterocycles.